The normalized spacial score (nSPS) is 15.9. The van der Waals surface area contributed by atoms with Gasteiger partial charge in [0, 0.05) is 0 Å². The Kier molecular flexibility index (Phi) is 2.69. The van der Waals surface area contributed by atoms with Gasteiger partial charge in [0.25, 0.3) is 0 Å². The van der Waals surface area contributed by atoms with Gasteiger partial charge in [-0.1, -0.05) is 18.2 Å². The van der Waals surface area contributed by atoms with Gasteiger partial charge in [-0.15, -0.1) is 11.6 Å². The molecule has 0 saturated heterocycles. The largest absolute Gasteiger partial charge is 0.467 e. The van der Waals surface area contributed by atoms with Crippen LogP contribution in [0.1, 0.15) is 33.4 Å². The summed E-state index contributed by atoms with van der Waals surface area (Å²) in [6.45, 7) is 3.40. The van der Waals surface area contributed by atoms with Crippen molar-refractivity contribution >= 4 is 11.6 Å². The first-order valence-corrected chi connectivity index (χ1v) is 6.07. The van der Waals surface area contributed by atoms with Gasteiger partial charge in [-0.3, -0.25) is 0 Å². The van der Waals surface area contributed by atoms with Crippen LogP contribution in [0.4, 0.5) is 0 Å². The Labute approximate surface area is 105 Å². The first-order valence-electron chi connectivity index (χ1n) is 5.63. The molecule has 2 aromatic rings. The number of rotatable bonds is 2. The quantitative estimate of drug-likeness (QED) is 0.751. The maximum atomic E-state index is 6.45. The molecule has 2 heterocycles. The average molecular weight is 249 g/mol. The molecule has 1 atom stereocenters. The van der Waals surface area contributed by atoms with E-state index < -0.39 is 0 Å². The molecule has 0 aliphatic carbocycles. The molecule has 88 valence electrons. The molecular formula is C14H13ClO2. The lowest BCUT2D eigenvalue weighted by Gasteiger charge is -2.09. The predicted molar refractivity (Wildman–Crippen MR) is 66.1 cm³/mol. The van der Waals surface area contributed by atoms with Gasteiger partial charge in [-0.25, -0.2) is 0 Å². The van der Waals surface area contributed by atoms with Crippen LogP contribution in [0.25, 0.3) is 0 Å². The van der Waals surface area contributed by atoms with Crippen LogP contribution >= 0.6 is 11.6 Å². The number of alkyl halides is 1. The highest BCUT2D eigenvalue weighted by Crippen LogP contribution is 2.33. The summed E-state index contributed by atoms with van der Waals surface area (Å²) < 4.78 is 10.8. The molecule has 0 N–H and O–H groups in total. The third-order valence-electron chi connectivity index (χ3n) is 3.17. The number of fused-ring (bicyclic) bond motifs is 1. The van der Waals surface area contributed by atoms with E-state index in [9.17, 15) is 0 Å². The highest BCUT2D eigenvalue weighted by atomic mass is 35.5. The molecule has 2 nitrogen and oxygen atoms in total. The van der Waals surface area contributed by atoms with Crippen molar-refractivity contribution in [3.8, 4) is 0 Å². The van der Waals surface area contributed by atoms with Crippen molar-refractivity contribution in [2.75, 3.05) is 0 Å². The Balaban J connectivity index is 1.97. The van der Waals surface area contributed by atoms with Crippen LogP contribution in [0, 0.1) is 6.92 Å². The van der Waals surface area contributed by atoms with Crippen molar-refractivity contribution in [2.45, 2.75) is 25.5 Å². The van der Waals surface area contributed by atoms with Crippen LogP contribution in [-0.4, -0.2) is 0 Å². The van der Waals surface area contributed by atoms with E-state index in [-0.39, 0.29) is 5.38 Å². The zero-order valence-electron chi connectivity index (χ0n) is 9.57. The van der Waals surface area contributed by atoms with Gasteiger partial charge in [-0.05, 0) is 35.2 Å². The Bertz CT molecular complexity index is 545. The van der Waals surface area contributed by atoms with Crippen LogP contribution < -0.4 is 0 Å². The summed E-state index contributed by atoms with van der Waals surface area (Å²) in [5, 5.41) is -0.226. The summed E-state index contributed by atoms with van der Waals surface area (Å²) in [4.78, 5) is 0. The van der Waals surface area contributed by atoms with Crippen molar-refractivity contribution in [3.63, 3.8) is 0 Å². The summed E-state index contributed by atoms with van der Waals surface area (Å²) in [5.74, 6) is 0.825. The van der Waals surface area contributed by atoms with Crippen LogP contribution in [0.3, 0.4) is 0 Å². The predicted octanol–water partition coefficient (Wildman–Crippen LogP) is 3.95. The molecule has 3 rings (SSSR count). The highest BCUT2D eigenvalue weighted by molar-refractivity contribution is 6.22. The summed E-state index contributed by atoms with van der Waals surface area (Å²) in [6.07, 6.45) is 1.68. The van der Waals surface area contributed by atoms with E-state index >= 15 is 0 Å². The molecular weight excluding hydrogens is 236 g/mol. The first kappa shape index (κ1) is 10.9. The van der Waals surface area contributed by atoms with Gasteiger partial charge < -0.3 is 9.15 Å². The molecule has 17 heavy (non-hydrogen) atoms. The smallest absolute Gasteiger partial charge is 0.128 e. The van der Waals surface area contributed by atoms with E-state index in [1.807, 2.05) is 19.1 Å². The molecule has 0 radical (unpaired) electrons. The molecule has 1 aromatic carbocycles. The number of ether oxygens (including phenoxy) is 1. The minimum atomic E-state index is -0.226. The summed E-state index contributed by atoms with van der Waals surface area (Å²) in [6, 6.07) is 8.18. The number of hydrogen-bond donors (Lipinski definition) is 0. The van der Waals surface area contributed by atoms with Gasteiger partial charge in [-0.2, -0.15) is 0 Å². The lowest BCUT2D eigenvalue weighted by atomic mass is 10.0. The van der Waals surface area contributed by atoms with Crippen molar-refractivity contribution in [1.82, 2.24) is 0 Å². The van der Waals surface area contributed by atoms with E-state index in [1.54, 1.807) is 6.26 Å². The Morgan fingerprint density at radius 2 is 2.00 bits per heavy atom. The minimum absolute atomic E-state index is 0.226. The monoisotopic (exact) mass is 248 g/mol. The summed E-state index contributed by atoms with van der Waals surface area (Å²) in [7, 11) is 0. The zero-order valence-corrected chi connectivity index (χ0v) is 10.3. The van der Waals surface area contributed by atoms with Gasteiger partial charge >= 0.3 is 0 Å². The molecule has 0 saturated carbocycles. The summed E-state index contributed by atoms with van der Waals surface area (Å²) >= 11 is 6.45. The van der Waals surface area contributed by atoms with Crippen LogP contribution in [-0.2, 0) is 18.0 Å². The lowest BCUT2D eigenvalue weighted by molar-refractivity contribution is 0.134. The molecule has 0 amide bonds. The second-order valence-corrected chi connectivity index (χ2v) is 4.79. The first-order chi connectivity index (χ1) is 8.25. The van der Waals surface area contributed by atoms with E-state index in [2.05, 4.69) is 12.1 Å². The molecule has 1 aliphatic rings. The van der Waals surface area contributed by atoms with E-state index in [0.717, 1.165) is 16.9 Å². The maximum Gasteiger partial charge on any atom is 0.128 e. The molecule has 1 aromatic heterocycles. The third-order valence-corrected chi connectivity index (χ3v) is 3.62. The second kappa shape index (κ2) is 4.21. The molecule has 1 aliphatic heterocycles. The van der Waals surface area contributed by atoms with Crippen molar-refractivity contribution in [3.05, 3.63) is 58.5 Å². The number of hydrogen-bond acceptors (Lipinski definition) is 2. The van der Waals surface area contributed by atoms with Crippen LogP contribution in [0.15, 0.2) is 34.9 Å². The lowest BCUT2D eigenvalue weighted by Crippen LogP contribution is -1.95. The molecule has 0 bridgehead atoms. The van der Waals surface area contributed by atoms with Crippen molar-refractivity contribution < 1.29 is 9.15 Å². The third kappa shape index (κ3) is 1.88. The van der Waals surface area contributed by atoms with Crippen LogP contribution in [0.5, 0.6) is 0 Å². The molecule has 0 fully saturated rings. The SMILES string of the molecule is Cc1ccoc1C(Cl)c1ccc2c(c1)COC2. The van der Waals surface area contributed by atoms with Crippen molar-refractivity contribution in [1.29, 1.82) is 0 Å². The fraction of sp³-hybridized carbons (Fsp3) is 0.286. The highest BCUT2D eigenvalue weighted by Gasteiger charge is 2.19. The standard InChI is InChI=1S/C14H13ClO2/c1-9-4-5-17-14(9)13(15)10-2-3-11-7-16-8-12(11)6-10/h2-6,13H,7-8H2,1H3. The molecule has 1 unspecified atom stereocenters. The van der Waals surface area contributed by atoms with Crippen LogP contribution in [0.2, 0.25) is 0 Å². The fourth-order valence-corrected chi connectivity index (χ4v) is 2.50. The van der Waals surface area contributed by atoms with E-state index in [0.29, 0.717) is 13.2 Å². The number of furan rings is 1. The number of halogens is 1. The average Bonchev–Trinajstić information content (AvgIpc) is 2.95. The van der Waals surface area contributed by atoms with E-state index in [4.69, 9.17) is 20.8 Å². The topological polar surface area (TPSA) is 22.4 Å². The molecule has 3 heteroatoms. The van der Waals surface area contributed by atoms with Gasteiger partial charge in [0.2, 0.25) is 0 Å². The maximum absolute atomic E-state index is 6.45. The number of benzene rings is 1. The van der Waals surface area contributed by atoms with Gasteiger partial charge in [0.15, 0.2) is 0 Å². The minimum Gasteiger partial charge on any atom is -0.467 e. The molecule has 0 spiro atoms. The van der Waals surface area contributed by atoms with E-state index in [1.165, 1.54) is 11.1 Å². The summed E-state index contributed by atoms with van der Waals surface area (Å²) in [5.41, 5.74) is 4.64. The Morgan fingerprint density at radius 1 is 1.18 bits per heavy atom. The zero-order chi connectivity index (χ0) is 11.8. The van der Waals surface area contributed by atoms with Gasteiger partial charge in [0.05, 0.1) is 19.5 Å². The van der Waals surface area contributed by atoms with Gasteiger partial charge in [0.1, 0.15) is 11.1 Å². The number of aryl methyl sites for hydroxylation is 1. The second-order valence-electron chi connectivity index (χ2n) is 4.35. The fourth-order valence-electron chi connectivity index (χ4n) is 2.15. The Hall–Kier alpha value is -1.25. The van der Waals surface area contributed by atoms with Crippen molar-refractivity contribution in [2.24, 2.45) is 0 Å². The Morgan fingerprint density at radius 3 is 2.76 bits per heavy atom.